The first-order chi connectivity index (χ1) is 6.77. The third-order valence-electron chi connectivity index (χ3n) is 1.84. The first-order valence-corrected chi connectivity index (χ1v) is 4.76. The lowest BCUT2D eigenvalue weighted by atomic mass is 10.1. The zero-order chi connectivity index (χ0) is 10.4. The minimum Gasteiger partial charge on any atom is -0.508 e. The van der Waals surface area contributed by atoms with Crippen molar-refractivity contribution in [2.24, 2.45) is 5.16 Å². The Labute approximate surface area is 84.0 Å². The zero-order valence-corrected chi connectivity index (χ0v) is 8.53. The molecule has 0 spiro atoms. The van der Waals surface area contributed by atoms with Gasteiger partial charge in [0.05, 0.1) is 5.71 Å². The zero-order valence-electron chi connectivity index (χ0n) is 8.53. The van der Waals surface area contributed by atoms with E-state index in [1.54, 1.807) is 12.1 Å². The summed E-state index contributed by atoms with van der Waals surface area (Å²) in [6.07, 6.45) is 0.810. The van der Waals surface area contributed by atoms with Crippen molar-refractivity contribution < 1.29 is 9.94 Å². The first kappa shape index (κ1) is 10.6. The molecule has 0 aliphatic rings. The molecule has 76 valence electrons. The van der Waals surface area contributed by atoms with E-state index in [4.69, 9.17) is 9.94 Å². The maximum Gasteiger partial charge on any atom is 0.115 e. The van der Waals surface area contributed by atoms with Gasteiger partial charge in [-0.25, -0.2) is 0 Å². The summed E-state index contributed by atoms with van der Waals surface area (Å²) >= 11 is 0. The van der Waals surface area contributed by atoms with Gasteiger partial charge in [0.25, 0.3) is 0 Å². The molecule has 14 heavy (non-hydrogen) atoms. The van der Waals surface area contributed by atoms with E-state index < -0.39 is 0 Å². The second-order valence-electron chi connectivity index (χ2n) is 2.86. The highest BCUT2D eigenvalue weighted by Crippen LogP contribution is 2.12. The lowest BCUT2D eigenvalue weighted by Gasteiger charge is -2.03. The van der Waals surface area contributed by atoms with Crippen LogP contribution in [0.4, 0.5) is 0 Å². The number of phenolic OH excluding ortho intramolecular Hbond substituents is 1. The molecule has 0 saturated carbocycles. The van der Waals surface area contributed by atoms with Crippen molar-refractivity contribution in [3.63, 3.8) is 0 Å². The lowest BCUT2D eigenvalue weighted by Crippen LogP contribution is -1.99. The number of aromatic hydroxyl groups is 1. The lowest BCUT2D eigenvalue weighted by molar-refractivity contribution is 0.158. The third kappa shape index (κ3) is 2.76. The average Bonchev–Trinajstić information content (AvgIpc) is 2.21. The summed E-state index contributed by atoms with van der Waals surface area (Å²) < 4.78 is 0. The molecule has 1 aromatic rings. The Hall–Kier alpha value is -1.51. The molecule has 0 aliphatic carbocycles. The maximum absolute atomic E-state index is 9.12. The molecule has 0 bridgehead atoms. The molecule has 1 rings (SSSR count). The van der Waals surface area contributed by atoms with Crippen molar-refractivity contribution in [3.05, 3.63) is 29.8 Å². The first-order valence-electron chi connectivity index (χ1n) is 4.76. The Morgan fingerprint density at radius 2 is 1.93 bits per heavy atom. The average molecular weight is 193 g/mol. The molecule has 0 atom stereocenters. The minimum atomic E-state index is 0.264. The number of hydrogen-bond acceptors (Lipinski definition) is 3. The van der Waals surface area contributed by atoms with Crippen LogP contribution in [0.5, 0.6) is 5.75 Å². The molecule has 0 heterocycles. The van der Waals surface area contributed by atoms with Gasteiger partial charge >= 0.3 is 0 Å². The molecule has 0 saturated heterocycles. The molecule has 1 N–H and O–H groups in total. The Kier molecular flexibility index (Phi) is 3.98. The molecule has 3 heteroatoms. The molecule has 0 radical (unpaired) electrons. The highest BCUT2D eigenvalue weighted by Gasteiger charge is 2.01. The highest BCUT2D eigenvalue weighted by molar-refractivity contribution is 6.00. The van der Waals surface area contributed by atoms with Crippen LogP contribution in [-0.2, 0) is 4.84 Å². The van der Waals surface area contributed by atoms with Gasteiger partial charge in [0.2, 0.25) is 0 Å². The fourth-order valence-corrected chi connectivity index (χ4v) is 1.12. The maximum atomic E-state index is 9.12. The molecular formula is C11H15NO2. The number of oxime groups is 1. The normalized spacial score (nSPS) is 11.4. The monoisotopic (exact) mass is 193 g/mol. The van der Waals surface area contributed by atoms with E-state index in [1.807, 2.05) is 26.0 Å². The van der Waals surface area contributed by atoms with Gasteiger partial charge in [-0.15, -0.1) is 0 Å². The smallest absolute Gasteiger partial charge is 0.115 e. The molecule has 0 unspecified atom stereocenters. The van der Waals surface area contributed by atoms with E-state index >= 15 is 0 Å². The number of hydrogen-bond donors (Lipinski definition) is 1. The van der Waals surface area contributed by atoms with Crippen LogP contribution < -0.4 is 0 Å². The Morgan fingerprint density at radius 1 is 1.29 bits per heavy atom. The molecule has 0 aliphatic heterocycles. The molecular weight excluding hydrogens is 178 g/mol. The summed E-state index contributed by atoms with van der Waals surface area (Å²) in [7, 11) is 0. The van der Waals surface area contributed by atoms with E-state index in [0.29, 0.717) is 6.61 Å². The molecule has 0 amide bonds. The van der Waals surface area contributed by atoms with Crippen molar-refractivity contribution in [1.29, 1.82) is 0 Å². The van der Waals surface area contributed by atoms with Crippen LogP contribution in [0.15, 0.2) is 29.4 Å². The number of phenols is 1. The van der Waals surface area contributed by atoms with Gasteiger partial charge in [-0.2, -0.15) is 0 Å². The summed E-state index contributed by atoms with van der Waals surface area (Å²) in [5, 5.41) is 13.1. The van der Waals surface area contributed by atoms with Crippen LogP contribution in [0.2, 0.25) is 0 Å². The number of nitrogens with zero attached hydrogens (tertiary/aromatic N) is 1. The van der Waals surface area contributed by atoms with E-state index in [1.165, 1.54) is 0 Å². The summed E-state index contributed by atoms with van der Waals surface area (Å²) in [6, 6.07) is 6.95. The Morgan fingerprint density at radius 3 is 2.43 bits per heavy atom. The van der Waals surface area contributed by atoms with Gasteiger partial charge in [0.15, 0.2) is 0 Å². The van der Waals surface area contributed by atoms with Crippen LogP contribution in [0.3, 0.4) is 0 Å². The Bertz CT molecular complexity index is 304. The van der Waals surface area contributed by atoms with Gasteiger partial charge in [-0.1, -0.05) is 12.1 Å². The topological polar surface area (TPSA) is 41.8 Å². The summed E-state index contributed by atoms with van der Waals surface area (Å²) in [5.74, 6) is 0.264. The van der Waals surface area contributed by atoms with Crippen LogP contribution in [0.25, 0.3) is 0 Å². The van der Waals surface area contributed by atoms with Gasteiger partial charge < -0.3 is 9.94 Å². The summed E-state index contributed by atoms with van der Waals surface area (Å²) in [5.41, 5.74) is 1.88. The van der Waals surface area contributed by atoms with Crippen molar-refractivity contribution in [2.45, 2.75) is 20.3 Å². The molecule has 0 aromatic heterocycles. The van der Waals surface area contributed by atoms with Crippen molar-refractivity contribution in [3.8, 4) is 5.75 Å². The van der Waals surface area contributed by atoms with Gasteiger partial charge in [-0.3, -0.25) is 0 Å². The van der Waals surface area contributed by atoms with E-state index in [0.717, 1.165) is 17.7 Å². The molecule has 1 aromatic carbocycles. The van der Waals surface area contributed by atoms with Gasteiger partial charge in [-0.05, 0) is 43.2 Å². The van der Waals surface area contributed by atoms with Gasteiger partial charge in [0.1, 0.15) is 12.4 Å². The fourth-order valence-electron chi connectivity index (χ4n) is 1.12. The quantitative estimate of drug-likeness (QED) is 0.589. The summed E-state index contributed by atoms with van der Waals surface area (Å²) in [4.78, 5) is 5.00. The fraction of sp³-hybridized carbons (Fsp3) is 0.364. The van der Waals surface area contributed by atoms with Gasteiger partial charge in [0, 0.05) is 0 Å². The third-order valence-corrected chi connectivity index (χ3v) is 1.84. The number of rotatable bonds is 4. The van der Waals surface area contributed by atoms with E-state index in [-0.39, 0.29) is 5.75 Å². The van der Waals surface area contributed by atoms with Crippen molar-refractivity contribution in [1.82, 2.24) is 0 Å². The second kappa shape index (κ2) is 5.27. The van der Waals surface area contributed by atoms with Crippen LogP contribution >= 0.6 is 0 Å². The number of benzene rings is 1. The predicted molar refractivity (Wildman–Crippen MR) is 56.6 cm³/mol. The van der Waals surface area contributed by atoms with E-state index in [9.17, 15) is 0 Å². The molecule has 0 fully saturated rings. The van der Waals surface area contributed by atoms with Crippen molar-refractivity contribution >= 4 is 5.71 Å². The Balaban J connectivity index is 2.84. The van der Waals surface area contributed by atoms with Crippen molar-refractivity contribution in [2.75, 3.05) is 6.61 Å². The largest absolute Gasteiger partial charge is 0.508 e. The predicted octanol–water partition coefficient (Wildman–Crippen LogP) is 2.54. The van der Waals surface area contributed by atoms with E-state index in [2.05, 4.69) is 5.16 Å². The SMILES string of the molecule is CCO/N=C(\CC)c1ccc(O)cc1. The van der Waals surface area contributed by atoms with Crippen LogP contribution in [0.1, 0.15) is 25.8 Å². The second-order valence-corrected chi connectivity index (χ2v) is 2.86. The van der Waals surface area contributed by atoms with Crippen LogP contribution in [0, 0.1) is 0 Å². The highest BCUT2D eigenvalue weighted by atomic mass is 16.6. The standard InChI is InChI=1S/C11H15NO2/c1-3-11(12-14-4-2)9-5-7-10(13)8-6-9/h5-8,13H,3-4H2,1-2H3/b12-11+. The molecule has 3 nitrogen and oxygen atoms in total. The summed E-state index contributed by atoms with van der Waals surface area (Å²) in [6.45, 7) is 4.49. The van der Waals surface area contributed by atoms with Crippen LogP contribution in [-0.4, -0.2) is 17.4 Å². The minimum absolute atomic E-state index is 0.264.